The second-order valence-electron chi connectivity index (χ2n) is 4.07. The minimum atomic E-state index is -0.0418. The van der Waals surface area contributed by atoms with E-state index >= 15 is 0 Å². The second-order valence-corrected chi connectivity index (χ2v) is 4.51. The fourth-order valence-electron chi connectivity index (χ4n) is 1.98. The molecule has 1 N–H and O–H groups in total. The first-order valence-electron chi connectivity index (χ1n) is 5.64. The van der Waals surface area contributed by atoms with Crippen molar-refractivity contribution < 1.29 is 4.74 Å². The fourth-order valence-corrected chi connectivity index (χ4v) is 2.16. The molecule has 1 aromatic carbocycles. The fraction of sp³-hybridized carbons (Fsp3) is 0.308. The van der Waals surface area contributed by atoms with E-state index in [-0.39, 0.29) is 6.04 Å². The number of rotatable bonds is 4. The zero-order valence-corrected chi connectivity index (χ0v) is 11.4. The van der Waals surface area contributed by atoms with E-state index in [1.54, 1.807) is 13.4 Å². The van der Waals surface area contributed by atoms with Gasteiger partial charge in [-0.05, 0) is 25.2 Å². The third-order valence-corrected chi connectivity index (χ3v) is 3.05. The molecule has 0 aliphatic heterocycles. The lowest BCUT2D eigenvalue weighted by molar-refractivity contribution is 0.405. The number of halogens is 1. The van der Waals surface area contributed by atoms with Gasteiger partial charge < -0.3 is 14.6 Å². The number of nitrogens with zero attached hydrogens (tertiary/aromatic N) is 2. The molecule has 0 radical (unpaired) electrons. The van der Waals surface area contributed by atoms with E-state index in [2.05, 4.69) is 10.3 Å². The zero-order chi connectivity index (χ0) is 13.1. The van der Waals surface area contributed by atoms with Gasteiger partial charge in [0.25, 0.3) is 0 Å². The predicted octanol–water partition coefficient (Wildman–Crippen LogP) is 2.39. The number of hydrogen-bond donors (Lipinski definition) is 1. The molecule has 2 rings (SSSR count). The van der Waals surface area contributed by atoms with Gasteiger partial charge >= 0.3 is 0 Å². The molecule has 1 atom stereocenters. The lowest BCUT2D eigenvalue weighted by atomic mass is 10.0. The quantitative estimate of drug-likeness (QED) is 0.923. The largest absolute Gasteiger partial charge is 0.496 e. The molecule has 0 fully saturated rings. The average molecular weight is 266 g/mol. The molecule has 1 heterocycles. The van der Waals surface area contributed by atoms with Gasteiger partial charge in [-0.25, -0.2) is 4.98 Å². The summed E-state index contributed by atoms with van der Waals surface area (Å²) in [6, 6.07) is 5.54. The Labute approximate surface area is 112 Å². The molecule has 0 spiro atoms. The Morgan fingerprint density at radius 1 is 1.44 bits per heavy atom. The van der Waals surface area contributed by atoms with E-state index < -0.39 is 0 Å². The smallest absolute Gasteiger partial charge is 0.124 e. The standard InChI is InChI=1S/C13H16ClN3O/c1-15-13(11-7-17(2)8-16-11)10-6-9(14)4-5-12(10)18-3/h4-8,13,15H,1-3H3. The highest BCUT2D eigenvalue weighted by Gasteiger charge is 2.19. The number of nitrogens with one attached hydrogen (secondary N) is 1. The third-order valence-electron chi connectivity index (χ3n) is 2.81. The molecule has 96 valence electrons. The van der Waals surface area contributed by atoms with E-state index in [0.717, 1.165) is 17.0 Å². The van der Waals surface area contributed by atoms with Crippen molar-refractivity contribution in [2.75, 3.05) is 14.2 Å². The summed E-state index contributed by atoms with van der Waals surface area (Å²) in [5, 5.41) is 3.92. The molecule has 0 amide bonds. The number of aromatic nitrogens is 2. The molecule has 0 bridgehead atoms. The van der Waals surface area contributed by atoms with E-state index in [1.807, 2.05) is 43.1 Å². The summed E-state index contributed by atoms with van der Waals surface area (Å²) in [5.74, 6) is 0.796. The summed E-state index contributed by atoms with van der Waals surface area (Å²) in [6.45, 7) is 0. The first-order chi connectivity index (χ1) is 8.65. The van der Waals surface area contributed by atoms with E-state index in [0.29, 0.717) is 5.02 Å². The Hall–Kier alpha value is -1.52. The Kier molecular flexibility index (Phi) is 3.89. The lowest BCUT2D eigenvalue weighted by Gasteiger charge is -2.17. The van der Waals surface area contributed by atoms with Crippen LogP contribution in [0.3, 0.4) is 0 Å². The topological polar surface area (TPSA) is 39.1 Å². The summed E-state index contributed by atoms with van der Waals surface area (Å²) >= 11 is 6.06. The van der Waals surface area contributed by atoms with E-state index in [9.17, 15) is 0 Å². The molecule has 0 aliphatic rings. The van der Waals surface area contributed by atoms with Crippen LogP contribution in [0.1, 0.15) is 17.3 Å². The molecular formula is C13H16ClN3O. The van der Waals surface area contributed by atoms with Gasteiger partial charge in [-0.1, -0.05) is 11.6 Å². The van der Waals surface area contributed by atoms with E-state index in [1.165, 1.54) is 0 Å². The Morgan fingerprint density at radius 3 is 2.78 bits per heavy atom. The highest BCUT2D eigenvalue weighted by molar-refractivity contribution is 6.30. The maximum atomic E-state index is 6.06. The van der Waals surface area contributed by atoms with Crippen LogP contribution in [0.5, 0.6) is 5.75 Å². The predicted molar refractivity (Wildman–Crippen MR) is 72.1 cm³/mol. The van der Waals surface area contributed by atoms with Gasteiger partial charge in [-0.2, -0.15) is 0 Å². The van der Waals surface area contributed by atoms with Crippen molar-refractivity contribution in [1.82, 2.24) is 14.9 Å². The number of ether oxygens (including phenoxy) is 1. The van der Waals surface area contributed by atoms with Gasteiger partial charge in [0.1, 0.15) is 5.75 Å². The van der Waals surface area contributed by atoms with Crippen LogP contribution in [0.2, 0.25) is 5.02 Å². The van der Waals surface area contributed by atoms with Gasteiger partial charge in [0.2, 0.25) is 0 Å². The monoisotopic (exact) mass is 265 g/mol. The number of aryl methyl sites for hydroxylation is 1. The van der Waals surface area contributed by atoms with Gasteiger partial charge in [-0.3, -0.25) is 0 Å². The summed E-state index contributed by atoms with van der Waals surface area (Å²) < 4.78 is 7.29. The van der Waals surface area contributed by atoms with Crippen LogP contribution in [-0.4, -0.2) is 23.7 Å². The van der Waals surface area contributed by atoms with E-state index in [4.69, 9.17) is 16.3 Å². The van der Waals surface area contributed by atoms with Crippen molar-refractivity contribution in [1.29, 1.82) is 0 Å². The lowest BCUT2D eigenvalue weighted by Crippen LogP contribution is -2.18. The average Bonchev–Trinajstić information content (AvgIpc) is 2.77. The molecule has 4 nitrogen and oxygen atoms in total. The number of methoxy groups -OCH3 is 1. The van der Waals surface area contributed by atoms with Gasteiger partial charge in [0.15, 0.2) is 0 Å². The highest BCUT2D eigenvalue weighted by Crippen LogP contribution is 2.31. The minimum absolute atomic E-state index is 0.0418. The minimum Gasteiger partial charge on any atom is -0.496 e. The Bertz CT molecular complexity index is 539. The number of benzene rings is 1. The molecule has 1 aromatic heterocycles. The van der Waals surface area contributed by atoms with Crippen LogP contribution < -0.4 is 10.1 Å². The molecule has 0 aliphatic carbocycles. The van der Waals surface area contributed by atoms with Crippen LogP contribution >= 0.6 is 11.6 Å². The van der Waals surface area contributed by atoms with Crippen LogP contribution in [0.4, 0.5) is 0 Å². The normalized spacial score (nSPS) is 12.4. The maximum absolute atomic E-state index is 6.06. The van der Waals surface area contributed by atoms with Gasteiger partial charge in [0, 0.05) is 23.8 Å². The molecule has 0 saturated carbocycles. The zero-order valence-electron chi connectivity index (χ0n) is 10.6. The second kappa shape index (κ2) is 5.42. The Balaban J connectivity index is 2.47. The number of imidazole rings is 1. The Morgan fingerprint density at radius 2 is 2.22 bits per heavy atom. The summed E-state index contributed by atoms with van der Waals surface area (Å²) in [5.41, 5.74) is 1.91. The molecule has 0 saturated heterocycles. The SMILES string of the molecule is CNC(c1cn(C)cn1)c1cc(Cl)ccc1OC. The van der Waals surface area contributed by atoms with Crippen molar-refractivity contribution in [3.8, 4) is 5.75 Å². The van der Waals surface area contributed by atoms with Crippen molar-refractivity contribution >= 4 is 11.6 Å². The van der Waals surface area contributed by atoms with Crippen molar-refractivity contribution in [3.63, 3.8) is 0 Å². The molecule has 2 aromatic rings. The molecule has 18 heavy (non-hydrogen) atoms. The number of hydrogen-bond acceptors (Lipinski definition) is 3. The summed E-state index contributed by atoms with van der Waals surface area (Å²) in [4.78, 5) is 4.37. The first kappa shape index (κ1) is 12.9. The van der Waals surface area contributed by atoms with Crippen molar-refractivity contribution in [3.05, 3.63) is 47.0 Å². The summed E-state index contributed by atoms with van der Waals surface area (Å²) in [6.07, 6.45) is 3.75. The van der Waals surface area contributed by atoms with Gasteiger partial charge in [-0.15, -0.1) is 0 Å². The molecule has 5 heteroatoms. The van der Waals surface area contributed by atoms with Crippen LogP contribution in [0, 0.1) is 0 Å². The van der Waals surface area contributed by atoms with Crippen molar-refractivity contribution in [2.45, 2.75) is 6.04 Å². The van der Waals surface area contributed by atoms with Crippen molar-refractivity contribution in [2.24, 2.45) is 7.05 Å². The van der Waals surface area contributed by atoms with Crippen LogP contribution in [-0.2, 0) is 7.05 Å². The first-order valence-corrected chi connectivity index (χ1v) is 6.02. The molecule has 1 unspecified atom stereocenters. The van der Waals surface area contributed by atoms with Crippen LogP contribution in [0.25, 0.3) is 0 Å². The third kappa shape index (κ3) is 2.49. The highest BCUT2D eigenvalue weighted by atomic mass is 35.5. The molecular weight excluding hydrogens is 250 g/mol. The van der Waals surface area contributed by atoms with Crippen LogP contribution in [0.15, 0.2) is 30.7 Å². The maximum Gasteiger partial charge on any atom is 0.124 e. The van der Waals surface area contributed by atoms with Gasteiger partial charge in [0.05, 0.1) is 25.2 Å². The summed E-state index contributed by atoms with van der Waals surface area (Å²) in [7, 11) is 5.48.